The monoisotopic (exact) mass is 334 g/mol. The molecule has 3 amide bonds. The van der Waals surface area contributed by atoms with Crippen LogP contribution in [0.5, 0.6) is 0 Å². The van der Waals surface area contributed by atoms with Gasteiger partial charge >= 0.3 is 6.03 Å². The fourth-order valence-corrected chi connectivity index (χ4v) is 3.80. The third kappa shape index (κ3) is 2.62. The summed E-state index contributed by atoms with van der Waals surface area (Å²) in [5, 5.41) is 2.91. The highest BCUT2D eigenvalue weighted by Gasteiger charge is 2.49. The smallest absolute Gasteiger partial charge is 0.319 e. The number of rotatable bonds is 3. The van der Waals surface area contributed by atoms with Crippen molar-refractivity contribution in [1.82, 2.24) is 10.2 Å². The van der Waals surface area contributed by atoms with E-state index in [9.17, 15) is 9.59 Å². The second kappa shape index (κ2) is 5.73. The molecule has 0 bridgehead atoms. The van der Waals surface area contributed by atoms with Crippen molar-refractivity contribution in [1.29, 1.82) is 0 Å². The molecule has 4 rings (SSSR count). The van der Waals surface area contributed by atoms with E-state index in [1.165, 1.54) is 16.0 Å². The van der Waals surface area contributed by atoms with Gasteiger partial charge in [0.25, 0.3) is 5.91 Å². The third-order valence-electron chi connectivity index (χ3n) is 5.41. The van der Waals surface area contributed by atoms with Crippen LogP contribution in [0.1, 0.15) is 41.2 Å². The molecule has 1 atom stereocenters. The Kier molecular flexibility index (Phi) is 3.64. The van der Waals surface area contributed by atoms with Crippen LogP contribution in [0.3, 0.4) is 0 Å². The van der Waals surface area contributed by atoms with Crippen LogP contribution in [0.25, 0.3) is 0 Å². The van der Waals surface area contributed by atoms with E-state index in [1.807, 2.05) is 37.3 Å². The summed E-state index contributed by atoms with van der Waals surface area (Å²) in [6.07, 6.45) is 3.32. The maximum Gasteiger partial charge on any atom is 0.325 e. The van der Waals surface area contributed by atoms with Crippen molar-refractivity contribution in [2.45, 2.75) is 45.2 Å². The summed E-state index contributed by atoms with van der Waals surface area (Å²) >= 11 is 0. The number of urea groups is 1. The van der Waals surface area contributed by atoms with Crippen LogP contribution in [0.2, 0.25) is 0 Å². The Balaban J connectivity index is 1.62. The largest absolute Gasteiger partial charge is 0.325 e. The summed E-state index contributed by atoms with van der Waals surface area (Å²) in [5.41, 5.74) is 4.66. The average Bonchev–Trinajstić information content (AvgIpc) is 3.15. The van der Waals surface area contributed by atoms with Gasteiger partial charge in [0.2, 0.25) is 0 Å². The Morgan fingerprint density at radius 3 is 2.52 bits per heavy atom. The Labute approximate surface area is 147 Å². The summed E-state index contributed by atoms with van der Waals surface area (Å²) in [7, 11) is 0. The van der Waals surface area contributed by atoms with E-state index >= 15 is 0 Å². The lowest BCUT2D eigenvalue weighted by atomic mass is 9.89. The second-order valence-corrected chi connectivity index (χ2v) is 7.27. The SMILES string of the molecule is Cc1ccc(CN2C(=O)NC(C)(c3ccc4c(c3)CCC4)C2=O)cc1. The van der Waals surface area contributed by atoms with Crippen molar-refractivity contribution in [3.63, 3.8) is 0 Å². The lowest BCUT2D eigenvalue weighted by Crippen LogP contribution is -2.40. The lowest BCUT2D eigenvalue weighted by Gasteiger charge is -2.23. The van der Waals surface area contributed by atoms with Crippen LogP contribution in [-0.2, 0) is 29.7 Å². The molecular weight excluding hydrogens is 312 g/mol. The van der Waals surface area contributed by atoms with Gasteiger partial charge in [-0.05, 0) is 55.4 Å². The fraction of sp³-hybridized carbons (Fsp3) is 0.333. The summed E-state index contributed by atoms with van der Waals surface area (Å²) in [6.45, 7) is 4.12. The minimum atomic E-state index is -0.987. The van der Waals surface area contributed by atoms with Gasteiger partial charge in [0.05, 0.1) is 6.54 Å². The molecular formula is C21H22N2O2. The van der Waals surface area contributed by atoms with Crippen LogP contribution < -0.4 is 5.32 Å². The molecule has 4 nitrogen and oxygen atoms in total. The van der Waals surface area contributed by atoms with Crippen LogP contribution in [0, 0.1) is 6.92 Å². The van der Waals surface area contributed by atoms with E-state index in [1.54, 1.807) is 6.92 Å². The van der Waals surface area contributed by atoms with Gasteiger partial charge in [-0.15, -0.1) is 0 Å². The first-order valence-corrected chi connectivity index (χ1v) is 8.79. The van der Waals surface area contributed by atoms with E-state index < -0.39 is 5.54 Å². The number of benzene rings is 2. The zero-order valence-corrected chi connectivity index (χ0v) is 14.6. The van der Waals surface area contributed by atoms with Crippen molar-refractivity contribution in [2.24, 2.45) is 0 Å². The Bertz CT molecular complexity index is 857. The lowest BCUT2D eigenvalue weighted by molar-refractivity contribution is -0.131. The molecule has 1 unspecified atom stereocenters. The van der Waals surface area contributed by atoms with Gasteiger partial charge in [0.1, 0.15) is 5.54 Å². The van der Waals surface area contributed by atoms with Gasteiger partial charge in [0, 0.05) is 0 Å². The Morgan fingerprint density at radius 2 is 1.76 bits per heavy atom. The number of carbonyl (C=O) groups is 2. The van der Waals surface area contributed by atoms with Gasteiger partial charge in [-0.3, -0.25) is 9.69 Å². The van der Waals surface area contributed by atoms with Gasteiger partial charge < -0.3 is 5.32 Å². The number of amides is 3. The minimum Gasteiger partial charge on any atom is -0.319 e. The number of aryl methyl sites for hydroxylation is 3. The van der Waals surface area contributed by atoms with Crippen LogP contribution in [0.4, 0.5) is 4.79 Å². The van der Waals surface area contributed by atoms with E-state index in [-0.39, 0.29) is 11.9 Å². The number of hydrogen-bond acceptors (Lipinski definition) is 2. The zero-order chi connectivity index (χ0) is 17.6. The van der Waals surface area contributed by atoms with Crippen molar-refractivity contribution in [3.05, 3.63) is 70.3 Å². The minimum absolute atomic E-state index is 0.184. The summed E-state index contributed by atoms with van der Waals surface area (Å²) in [5.74, 6) is -0.184. The molecule has 128 valence electrons. The standard InChI is InChI=1S/C21H22N2O2/c1-14-6-8-15(9-7-14)13-23-19(24)21(2,22-20(23)25)18-11-10-16-4-3-5-17(16)12-18/h6-12H,3-5,13H2,1-2H3,(H,22,25). The number of hydrogen-bond donors (Lipinski definition) is 1. The van der Waals surface area contributed by atoms with Crippen molar-refractivity contribution >= 4 is 11.9 Å². The van der Waals surface area contributed by atoms with E-state index in [0.717, 1.165) is 36.0 Å². The molecule has 4 heteroatoms. The van der Waals surface area contributed by atoms with Gasteiger partial charge in [0.15, 0.2) is 0 Å². The highest BCUT2D eigenvalue weighted by molar-refractivity contribution is 6.07. The van der Waals surface area contributed by atoms with Gasteiger partial charge in [-0.1, -0.05) is 48.0 Å². The predicted octanol–water partition coefficient (Wildman–Crippen LogP) is 3.45. The molecule has 2 aromatic carbocycles. The predicted molar refractivity (Wildman–Crippen MR) is 96.1 cm³/mol. The van der Waals surface area contributed by atoms with Crippen molar-refractivity contribution in [2.75, 3.05) is 0 Å². The van der Waals surface area contributed by atoms with E-state index in [2.05, 4.69) is 17.4 Å². The van der Waals surface area contributed by atoms with Crippen LogP contribution in [0.15, 0.2) is 42.5 Å². The third-order valence-corrected chi connectivity index (χ3v) is 5.41. The molecule has 1 aliphatic heterocycles. The van der Waals surface area contributed by atoms with E-state index in [0.29, 0.717) is 6.54 Å². The highest BCUT2D eigenvalue weighted by atomic mass is 16.2. The molecule has 0 spiro atoms. The van der Waals surface area contributed by atoms with Gasteiger partial charge in [-0.2, -0.15) is 0 Å². The van der Waals surface area contributed by atoms with Crippen molar-refractivity contribution < 1.29 is 9.59 Å². The van der Waals surface area contributed by atoms with E-state index in [4.69, 9.17) is 0 Å². The first kappa shape index (κ1) is 15.9. The molecule has 0 aromatic heterocycles. The Hall–Kier alpha value is -2.62. The normalized spacial score (nSPS) is 22.2. The zero-order valence-electron chi connectivity index (χ0n) is 14.6. The summed E-state index contributed by atoms with van der Waals surface area (Å²) in [4.78, 5) is 26.8. The first-order valence-electron chi connectivity index (χ1n) is 8.79. The maximum atomic E-state index is 13.1. The molecule has 1 fully saturated rings. The molecule has 2 aromatic rings. The number of imide groups is 1. The molecule has 1 heterocycles. The number of carbonyl (C=O) groups excluding carboxylic acids is 2. The first-order chi connectivity index (χ1) is 12.0. The average molecular weight is 334 g/mol. The molecule has 0 radical (unpaired) electrons. The molecule has 1 N–H and O–H groups in total. The molecule has 2 aliphatic rings. The molecule has 1 aliphatic carbocycles. The topological polar surface area (TPSA) is 49.4 Å². The summed E-state index contributed by atoms with van der Waals surface area (Å²) < 4.78 is 0. The number of nitrogens with one attached hydrogen (secondary N) is 1. The quantitative estimate of drug-likeness (QED) is 0.874. The van der Waals surface area contributed by atoms with Crippen molar-refractivity contribution in [3.8, 4) is 0 Å². The Morgan fingerprint density at radius 1 is 1.04 bits per heavy atom. The summed E-state index contributed by atoms with van der Waals surface area (Å²) in [6, 6.07) is 13.8. The van der Waals surface area contributed by atoms with Gasteiger partial charge in [-0.25, -0.2) is 4.79 Å². The molecule has 1 saturated heterocycles. The number of fused-ring (bicyclic) bond motifs is 1. The molecule has 0 saturated carbocycles. The number of nitrogens with zero attached hydrogens (tertiary/aromatic N) is 1. The highest BCUT2D eigenvalue weighted by Crippen LogP contribution is 2.33. The maximum absolute atomic E-state index is 13.1. The van der Waals surface area contributed by atoms with Crippen LogP contribution >= 0.6 is 0 Å². The van der Waals surface area contributed by atoms with Crippen LogP contribution in [-0.4, -0.2) is 16.8 Å². The fourth-order valence-electron chi connectivity index (χ4n) is 3.80. The molecule has 25 heavy (non-hydrogen) atoms. The second-order valence-electron chi connectivity index (χ2n) is 7.27.